The first-order valence-electron chi connectivity index (χ1n) is 9.69. The van der Waals surface area contributed by atoms with Gasteiger partial charge in [-0.15, -0.1) is 23.2 Å². The van der Waals surface area contributed by atoms with Crippen molar-refractivity contribution in [2.45, 2.75) is 45.8 Å². The van der Waals surface area contributed by atoms with E-state index in [1.807, 2.05) is 45.9 Å². The summed E-state index contributed by atoms with van der Waals surface area (Å²) in [5.74, 6) is 1.35. The Morgan fingerprint density at radius 1 is 1.28 bits per heavy atom. The van der Waals surface area contributed by atoms with Gasteiger partial charge < -0.3 is 24.4 Å². The van der Waals surface area contributed by atoms with Crippen molar-refractivity contribution in [3.63, 3.8) is 0 Å². The molecule has 1 aromatic carbocycles. The monoisotopic (exact) mass is 444 g/mol. The Balaban J connectivity index is 2.85. The van der Waals surface area contributed by atoms with E-state index < -0.39 is 5.60 Å². The van der Waals surface area contributed by atoms with Gasteiger partial charge in [-0.1, -0.05) is 6.07 Å². The molecule has 1 aromatic rings. The van der Waals surface area contributed by atoms with Crippen LogP contribution in [0.3, 0.4) is 0 Å². The number of ether oxygens (including phenoxy) is 2. The number of aryl methyl sites for hydroxylation is 1. The second-order valence-electron chi connectivity index (χ2n) is 7.69. The van der Waals surface area contributed by atoms with Crippen molar-refractivity contribution in [1.29, 1.82) is 0 Å². The third-order valence-corrected chi connectivity index (χ3v) is 4.35. The van der Waals surface area contributed by atoms with Crippen molar-refractivity contribution < 1.29 is 19.1 Å². The van der Waals surface area contributed by atoms with E-state index in [-0.39, 0.29) is 32.5 Å². The van der Waals surface area contributed by atoms with Crippen LogP contribution in [0.5, 0.6) is 5.75 Å². The highest BCUT2D eigenvalue weighted by molar-refractivity contribution is 6.64. The Morgan fingerprint density at radius 3 is 2.48 bits per heavy atom. The molecule has 29 heavy (non-hydrogen) atoms. The van der Waals surface area contributed by atoms with Crippen molar-refractivity contribution in [2.75, 3.05) is 36.4 Å². The molecule has 0 radical (unpaired) electrons. The molecule has 0 bridgehead atoms. The standard InChI is InChI=1S/C20H31BCl2N2O4/c1-15-5-6-17(25(9-7-22)10-8-23)12-18(15)28-13-16(24-21-14-26)11-19(27)29-20(2,3)4/h5-6,12,14,16,21,24H,7-11,13H2,1-4H3/t16-/m1/s1. The minimum absolute atomic E-state index is 0.106. The molecule has 9 heteroatoms. The quantitative estimate of drug-likeness (QED) is 0.218. The average Bonchev–Trinajstić information content (AvgIpc) is 2.63. The van der Waals surface area contributed by atoms with Gasteiger partial charge in [0.05, 0.1) is 12.6 Å². The zero-order chi connectivity index (χ0) is 21.9. The van der Waals surface area contributed by atoms with E-state index in [1.54, 1.807) is 0 Å². The summed E-state index contributed by atoms with van der Waals surface area (Å²) < 4.78 is 11.4. The molecule has 0 spiro atoms. The highest BCUT2D eigenvalue weighted by Gasteiger charge is 2.21. The molecule has 0 aliphatic rings. The SMILES string of the molecule is Cc1ccc(N(CCCl)CCCl)cc1OC[C@@H](CC(=O)OC(C)(C)C)NBC=O. The fourth-order valence-electron chi connectivity index (χ4n) is 2.69. The second-order valence-corrected chi connectivity index (χ2v) is 8.44. The van der Waals surface area contributed by atoms with Gasteiger partial charge in [0.15, 0.2) is 0 Å². The molecule has 162 valence electrons. The smallest absolute Gasteiger partial charge is 0.307 e. The van der Waals surface area contributed by atoms with Crippen LogP contribution in [0.2, 0.25) is 0 Å². The molecule has 1 N–H and O–H groups in total. The molecule has 1 rings (SSSR count). The molecular formula is C20H31BCl2N2O4. The van der Waals surface area contributed by atoms with Crippen molar-refractivity contribution in [2.24, 2.45) is 0 Å². The molecule has 0 saturated heterocycles. The lowest BCUT2D eigenvalue weighted by Crippen LogP contribution is -2.41. The number of rotatable bonds is 13. The number of esters is 1. The van der Waals surface area contributed by atoms with Crippen LogP contribution >= 0.6 is 23.2 Å². The first kappa shape index (κ1) is 25.6. The van der Waals surface area contributed by atoms with Gasteiger partial charge in [-0.05, 0) is 39.3 Å². The van der Waals surface area contributed by atoms with Gasteiger partial charge in [0, 0.05) is 42.6 Å². The Labute approximate surface area is 184 Å². The third-order valence-electron chi connectivity index (χ3n) is 4.01. The number of hydrogen-bond donors (Lipinski definition) is 1. The van der Waals surface area contributed by atoms with E-state index in [2.05, 4.69) is 10.1 Å². The summed E-state index contributed by atoms with van der Waals surface area (Å²) in [5, 5.41) is 3.01. The van der Waals surface area contributed by atoms with E-state index in [9.17, 15) is 9.59 Å². The Hall–Kier alpha value is -1.44. The van der Waals surface area contributed by atoms with Crippen molar-refractivity contribution in [3.05, 3.63) is 23.8 Å². The predicted octanol–water partition coefficient (Wildman–Crippen LogP) is 2.89. The van der Waals surface area contributed by atoms with E-state index in [0.29, 0.717) is 30.6 Å². The number of halogens is 2. The van der Waals surface area contributed by atoms with Crippen LogP contribution in [0.15, 0.2) is 18.2 Å². The molecule has 0 aromatic heterocycles. The summed E-state index contributed by atoms with van der Waals surface area (Å²) in [5.41, 5.74) is 1.38. The van der Waals surface area contributed by atoms with Crippen LogP contribution in [0, 0.1) is 6.92 Å². The lowest BCUT2D eigenvalue weighted by atomic mass is 9.96. The van der Waals surface area contributed by atoms with Crippen LogP contribution in [0.4, 0.5) is 5.69 Å². The Morgan fingerprint density at radius 2 is 1.93 bits per heavy atom. The summed E-state index contributed by atoms with van der Waals surface area (Å²) >= 11 is 11.8. The number of nitrogens with zero attached hydrogens (tertiary/aromatic N) is 1. The van der Waals surface area contributed by atoms with E-state index in [4.69, 9.17) is 32.7 Å². The lowest BCUT2D eigenvalue weighted by Gasteiger charge is -2.25. The van der Waals surface area contributed by atoms with Crippen LogP contribution < -0.4 is 14.9 Å². The zero-order valence-electron chi connectivity index (χ0n) is 17.7. The Kier molecular flexibility index (Phi) is 11.5. The van der Waals surface area contributed by atoms with Crippen molar-refractivity contribution in [1.82, 2.24) is 5.23 Å². The first-order chi connectivity index (χ1) is 13.7. The fraction of sp³-hybridized carbons (Fsp3) is 0.600. The van der Waals surface area contributed by atoms with Gasteiger partial charge >= 0.3 is 5.97 Å². The van der Waals surface area contributed by atoms with E-state index >= 15 is 0 Å². The number of hydrogen-bond acceptors (Lipinski definition) is 6. The zero-order valence-corrected chi connectivity index (χ0v) is 19.2. The highest BCUT2D eigenvalue weighted by Crippen LogP contribution is 2.26. The summed E-state index contributed by atoms with van der Waals surface area (Å²) in [6.45, 7) is 8.99. The lowest BCUT2D eigenvalue weighted by molar-refractivity contribution is -0.155. The third kappa shape index (κ3) is 10.2. The molecule has 1 atom stereocenters. The molecule has 0 amide bonds. The molecule has 0 fully saturated rings. The van der Waals surface area contributed by atoms with Gasteiger partial charge in [-0.3, -0.25) is 4.79 Å². The molecule has 0 aliphatic carbocycles. The minimum atomic E-state index is -0.563. The summed E-state index contributed by atoms with van der Waals surface area (Å²) in [7, 11) is 0.134. The Bertz CT molecular complexity index is 650. The molecular weight excluding hydrogens is 414 g/mol. The first-order valence-corrected chi connectivity index (χ1v) is 10.8. The normalized spacial score (nSPS) is 12.2. The number of alkyl halides is 2. The van der Waals surface area contributed by atoms with Crippen LogP contribution in [0.1, 0.15) is 32.8 Å². The maximum absolute atomic E-state index is 12.2. The van der Waals surface area contributed by atoms with Gasteiger partial charge in [-0.2, -0.15) is 0 Å². The maximum Gasteiger partial charge on any atom is 0.307 e. The van der Waals surface area contributed by atoms with E-state index in [1.165, 1.54) is 0 Å². The second kappa shape index (κ2) is 13.0. The number of carbonyl (C=O) groups is 2. The summed E-state index contributed by atoms with van der Waals surface area (Å²) in [6.07, 6.45) is 0.860. The molecule has 0 unspecified atom stereocenters. The minimum Gasteiger partial charge on any atom is -0.492 e. The van der Waals surface area contributed by atoms with Crippen LogP contribution in [-0.2, 0) is 14.3 Å². The van der Waals surface area contributed by atoms with Gasteiger partial charge in [0.25, 0.3) is 7.41 Å². The predicted molar refractivity (Wildman–Crippen MR) is 122 cm³/mol. The van der Waals surface area contributed by atoms with Crippen LogP contribution in [-0.4, -0.2) is 62.7 Å². The molecule has 0 saturated carbocycles. The van der Waals surface area contributed by atoms with Crippen LogP contribution in [0.25, 0.3) is 0 Å². The fourth-order valence-corrected chi connectivity index (χ4v) is 3.10. The number of nitrogens with one attached hydrogen (secondary N) is 1. The number of anilines is 1. The average molecular weight is 445 g/mol. The van der Waals surface area contributed by atoms with Crippen molar-refractivity contribution >= 4 is 48.5 Å². The maximum atomic E-state index is 12.2. The van der Waals surface area contributed by atoms with Gasteiger partial charge in [0.2, 0.25) is 0 Å². The molecule has 0 heterocycles. The van der Waals surface area contributed by atoms with Crippen molar-refractivity contribution in [3.8, 4) is 5.75 Å². The van der Waals surface area contributed by atoms with E-state index in [0.717, 1.165) is 17.4 Å². The number of carbonyl (C=O) groups excluding carboxylic acids is 2. The molecule has 0 aliphatic heterocycles. The van der Waals surface area contributed by atoms with Gasteiger partial charge in [-0.25, -0.2) is 0 Å². The highest BCUT2D eigenvalue weighted by atomic mass is 35.5. The van der Waals surface area contributed by atoms with Gasteiger partial charge in [0.1, 0.15) is 18.0 Å². The summed E-state index contributed by atoms with van der Waals surface area (Å²) in [4.78, 5) is 25.0. The number of benzene rings is 1. The molecule has 6 nitrogen and oxygen atoms in total. The largest absolute Gasteiger partial charge is 0.492 e. The topological polar surface area (TPSA) is 67.9 Å². The summed E-state index contributed by atoms with van der Waals surface area (Å²) in [6, 6.07) is 5.57.